The van der Waals surface area contributed by atoms with Gasteiger partial charge in [-0.15, -0.1) is 0 Å². The lowest BCUT2D eigenvalue weighted by molar-refractivity contribution is -0.126. The second-order valence-corrected chi connectivity index (χ2v) is 9.22. The number of carbonyl (C=O) groups excluding carboxylic acids is 1. The summed E-state index contributed by atoms with van der Waals surface area (Å²) in [5, 5.41) is 2.81. The van der Waals surface area contributed by atoms with E-state index in [0.29, 0.717) is 12.8 Å². The molecule has 0 aliphatic carbocycles. The van der Waals surface area contributed by atoms with E-state index in [1.807, 2.05) is 0 Å². The molecule has 1 heterocycles. The highest BCUT2D eigenvalue weighted by atomic mass is 32.2. The predicted molar refractivity (Wildman–Crippen MR) is 107 cm³/mol. The summed E-state index contributed by atoms with van der Waals surface area (Å²) in [4.78, 5) is 12.7. The summed E-state index contributed by atoms with van der Waals surface area (Å²) >= 11 is 0. The summed E-state index contributed by atoms with van der Waals surface area (Å²) < 4.78 is 58.6. The van der Waals surface area contributed by atoms with Crippen LogP contribution in [0.25, 0.3) is 0 Å². The number of halogens is 2. The lowest BCUT2D eigenvalue weighted by Gasteiger charge is -2.31. The molecular weight excluding hydrogens is 414 g/mol. The minimum atomic E-state index is -3.56. The Hall–Kier alpha value is -2.52. The van der Waals surface area contributed by atoms with E-state index in [0.717, 1.165) is 12.1 Å². The SMILES string of the molecule is CC(COc1ccc(F)cc1F)NC(=O)C1CCN(S(=O)(=O)c2ccccc2)CC1. The number of rotatable bonds is 7. The standard InChI is InChI=1S/C21H24F2N2O4S/c1-15(14-29-20-8-7-17(22)13-19(20)23)24-21(26)16-9-11-25(12-10-16)30(27,28)18-5-3-2-4-6-18/h2-8,13,15-16H,9-12,14H2,1H3,(H,24,26). The fraction of sp³-hybridized carbons (Fsp3) is 0.381. The van der Waals surface area contributed by atoms with Crippen LogP contribution in [-0.2, 0) is 14.8 Å². The molecule has 9 heteroatoms. The third kappa shape index (κ3) is 5.34. The second kappa shape index (κ2) is 9.53. The maximum absolute atomic E-state index is 13.6. The number of hydrogen-bond acceptors (Lipinski definition) is 4. The molecule has 0 saturated carbocycles. The summed E-state index contributed by atoms with van der Waals surface area (Å²) in [5.41, 5.74) is 0. The molecule has 1 amide bonds. The summed E-state index contributed by atoms with van der Waals surface area (Å²) in [6.07, 6.45) is 0.829. The van der Waals surface area contributed by atoms with Gasteiger partial charge in [0.25, 0.3) is 0 Å². The largest absolute Gasteiger partial charge is 0.488 e. The van der Waals surface area contributed by atoms with Gasteiger partial charge in [-0.2, -0.15) is 4.31 Å². The van der Waals surface area contributed by atoms with Gasteiger partial charge >= 0.3 is 0 Å². The Morgan fingerprint density at radius 1 is 1.17 bits per heavy atom. The first-order valence-electron chi connectivity index (χ1n) is 9.71. The molecule has 2 aromatic rings. The molecule has 162 valence electrons. The summed E-state index contributed by atoms with van der Waals surface area (Å²) in [6, 6.07) is 10.8. The van der Waals surface area contributed by atoms with E-state index < -0.39 is 27.7 Å². The Bertz CT molecular complexity index is 978. The molecule has 1 saturated heterocycles. The Balaban J connectivity index is 1.48. The average Bonchev–Trinajstić information content (AvgIpc) is 2.74. The number of amides is 1. The number of sulfonamides is 1. The van der Waals surface area contributed by atoms with Crippen LogP contribution >= 0.6 is 0 Å². The molecule has 1 fully saturated rings. The van der Waals surface area contributed by atoms with Crippen LogP contribution in [0.1, 0.15) is 19.8 Å². The second-order valence-electron chi connectivity index (χ2n) is 7.29. The first kappa shape index (κ1) is 22.2. The highest BCUT2D eigenvalue weighted by Crippen LogP contribution is 2.24. The zero-order valence-corrected chi connectivity index (χ0v) is 17.4. The number of nitrogens with zero attached hydrogens (tertiary/aromatic N) is 1. The zero-order valence-electron chi connectivity index (χ0n) is 16.6. The van der Waals surface area contributed by atoms with E-state index in [1.165, 1.54) is 10.4 Å². The minimum Gasteiger partial charge on any atom is -0.488 e. The van der Waals surface area contributed by atoms with E-state index >= 15 is 0 Å². The van der Waals surface area contributed by atoms with Gasteiger partial charge in [-0.1, -0.05) is 18.2 Å². The third-order valence-electron chi connectivity index (χ3n) is 4.98. The van der Waals surface area contributed by atoms with Crippen LogP contribution in [0.2, 0.25) is 0 Å². The zero-order chi connectivity index (χ0) is 21.7. The quantitative estimate of drug-likeness (QED) is 0.721. The highest BCUT2D eigenvalue weighted by molar-refractivity contribution is 7.89. The lowest BCUT2D eigenvalue weighted by Crippen LogP contribution is -2.45. The minimum absolute atomic E-state index is 0.0233. The van der Waals surface area contributed by atoms with Crippen molar-refractivity contribution in [3.8, 4) is 5.75 Å². The monoisotopic (exact) mass is 438 g/mol. The fourth-order valence-electron chi connectivity index (χ4n) is 3.31. The van der Waals surface area contributed by atoms with Crippen molar-refractivity contribution in [2.24, 2.45) is 5.92 Å². The molecule has 1 N–H and O–H groups in total. The van der Waals surface area contributed by atoms with Gasteiger partial charge in [0.2, 0.25) is 15.9 Å². The van der Waals surface area contributed by atoms with Crippen molar-refractivity contribution in [2.75, 3.05) is 19.7 Å². The molecule has 3 rings (SSSR count). The molecule has 0 spiro atoms. The van der Waals surface area contributed by atoms with Crippen molar-refractivity contribution in [2.45, 2.75) is 30.7 Å². The van der Waals surface area contributed by atoms with Crippen LogP contribution in [-0.4, -0.2) is 44.4 Å². The van der Waals surface area contributed by atoms with E-state index in [-0.39, 0.29) is 42.2 Å². The maximum Gasteiger partial charge on any atom is 0.243 e. The van der Waals surface area contributed by atoms with Crippen LogP contribution in [0.4, 0.5) is 8.78 Å². The normalized spacial score (nSPS) is 16.8. The van der Waals surface area contributed by atoms with Gasteiger partial charge in [0.1, 0.15) is 12.4 Å². The molecule has 0 radical (unpaired) electrons. The lowest BCUT2D eigenvalue weighted by atomic mass is 9.97. The number of piperidine rings is 1. The van der Waals surface area contributed by atoms with E-state index in [9.17, 15) is 22.0 Å². The Labute approximate surface area is 174 Å². The van der Waals surface area contributed by atoms with Crippen LogP contribution < -0.4 is 10.1 Å². The van der Waals surface area contributed by atoms with Crippen molar-refractivity contribution in [3.63, 3.8) is 0 Å². The van der Waals surface area contributed by atoms with Crippen molar-refractivity contribution in [1.82, 2.24) is 9.62 Å². The van der Waals surface area contributed by atoms with Crippen molar-refractivity contribution >= 4 is 15.9 Å². The molecule has 1 aliphatic heterocycles. The smallest absolute Gasteiger partial charge is 0.243 e. The highest BCUT2D eigenvalue weighted by Gasteiger charge is 2.32. The van der Waals surface area contributed by atoms with Crippen LogP contribution in [0.5, 0.6) is 5.75 Å². The third-order valence-corrected chi connectivity index (χ3v) is 6.89. The van der Waals surface area contributed by atoms with Gasteiger partial charge < -0.3 is 10.1 Å². The number of benzene rings is 2. The fourth-order valence-corrected chi connectivity index (χ4v) is 4.80. The first-order valence-corrected chi connectivity index (χ1v) is 11.1. The molecule has 2 aromatic carbocycles. The predicted octanol–water partition coefficient (Wildman–Crippen LogP) is 2.95. The molecular formula is C21H24F2N2O4S. The molecule has 0 aromatic heterocycles. The summed E-state index contributed by atoms with van der Waals surface area (Å²) in [5.74, 6) is -2.08. The van der Waals surface area contributed by atoms with E-state index in [4.69, 9.17) is 4.74 Å². The van der Waals surface area contributed by atoms with Gasteiger partial charge in [-0.3, -0.25) is 4.79 Å². The topological polar surface area (TPSA) is 75.7 Å². The Morgan fingerprint density at radius 2 is 1.83 bits per heavy atom. The number of hydrogen-bond donors (Lipinski definition) is 1. The van der Waals surface area contributed by atoms with Gasteiger partial charge in [0, 0.05) is 25.1 Å². The molecule has 1 unspecified atom stereocenters. The molecule has 30 heavy (non-hydrogen) atoms. The molecule has 6 nitrogen and oxygen atoms in total. The summed E-state index contributed by atoms with van der Waals surface area (Å²) in [7, 11) is -3.56. The van der Waals surface area contributed by atoms with Crippen molar-refractivity contribution in [3.05, 3.63) is 60.2 Å². The van der Waals surface area contributed by atoms with Crippen molar-refractivity contribution < 1.29 is 26.7 Å². The van der Waals surface area contributed by atoms with E-state index in [2.05, 4.69) is 5.32 Å². The maximum atomic E-state index is 13.6. The van der Waals surface area contributed by atoms with Gasteiger partial charge in [-0.25, -0.2) is 17.2 Å². The molecule has 0 bridgehead atoms. The summed E-state index contributed by atoms with van der Waals surface area (Å²) in [6.45, 7) is 2.27. The number of carbonyl (C=O) groups is 1. The van der Waals surface area contributed by atoms with Crippen LogP contribution in [0.3, 0.4) is 0 Å². The van der Waals surface area contributed by atoms with Gasteiger partial charge in [-0.05, 0) is 44.0 Å². The van der Waals surface area contributed by atoms with Gasteiger partial charge in [0.15, 0.2) is 11.6 Å². The Kier molecular flexibility index (Phi) is 7.04. The van der Waals surface area contributed by atoms with Crippen LogP contribution in [0.15, 0.2) is 53.4 Å². The first-order chi connectivity index (χ1) is 14.3. The Morgan fingerprint density at radius 3 is 2.47 bits per heavy atom. The molecule has 1 atom stereocenters. The van der Waals surface area contributed by atoms with Crippen molar-refractivity contribution in [1.29, 1.82) is 0 Å². The molecule has 1 aliphatic rings. The van der Waals surface area contributed by atoms with Gasteiger partial charge in [0.05, 0.1) is 10.9 Å². The number of ether oxygens (including phenoxy) is 1. The average molecular weight is 438 g/mol. The number of nitrogens with one attached hydrogen (secondary N) is 1. The van der Waals surface area contributed by atoms with Crippen LogP contribution in [0, 0.1) is 17.6 Å². The van der Waals surface area contributed by atoms with E-state index in [1.54, 1.807) is 37.3 Å².